The van der Waals surface area contributed by atoms with Crippen LogP contribution in [0.25, 0.3) is 0 Å². The van der Waals surface area contributed by atoms with Crippen LogP contribution in [0, 0.1) is 0 Å². The molecule has 2 amide bonds. The zero-order valence-corrected chi connectivity index (χ0v) is 13.9. The maximum Gasteiger partial charge on any atom is 0.244 e. The lowest BCUT2D eigenvalue weighted by molar-refractivity contribution is -0.120. The first kappa shape index (κ1) is 17.6. The summed E-state index contributed by atoms with van der Waals surface area (Å²) in [4.78, 5) is 27.7. The zero-order chi connectivity index (χ0) is 17.4. The smallest absolute Gasteiger partial charge is 0.244 e. The normalized spacial score (nSPS) is 11.0. The van der Waals surface area contributed by atoms with E-state index in [9.17, 15) is 9.59 Å². The number of nitrogens with one attached hydrogen (secondary N) is 2. The number of hydrogen-bond donors (Lipinski definition) is 2. The van der Waals surface area contributed by atoms with Gasteiger partial charge in [-0.15, -0.1) is 0 Å². The largest absolute Gasteiger partial charge is 0.310 e. The number of amides is 2. The Hall–Kier alpha value is -2.73. The van der Waals surface area contributed by atoms with E-state index in [0.717, 1.165) is 5.56 Å². The van der Waals surface area contributed by atoms with Gasteiger partial charge in [-0.05, 0) is 36.8 Å². The molecule has 0 aliphatic rings. The first-order valence-electron chi connectivity index (χ1n) is 7.30. The maximum atomic E-state index is 11.8. The van der Waals surface area contributed by atoms with Crippen molar-refractivity contribution >= 4 is 34.9 Å². The molecule has 0 atom stereocenters. The Morgan fingerprint density at radius 3 is 2.54 bits per heavy atom. The number of pyridine rings is 1. The minimum Gasteiger partial charge on any atom is -0.310 e. The topological polar surface area (TPSA) is 83.4 Å². The summed E-state index contributed by atoms with van der Waals surface area (Å²) in [5.41, 5.74) is 3.76. The molecule has 0 aliphatic heterocycles. The molecule has 1 heterocycles. The summed E-state index contributed by atoms with van der Waals surface area (Å²) >= 11 is 5.79. The van der Waals surface area contributed by atoms with Gasteiger partial charge < -0.3 is 5.32 Å². The summed E-state index contributed by atoms with van der Waals surface area (Å²) < 4.78 is 0. The highest BCUT2D eigenvalue weighted by Crippen LogP contribution is 2.09. The van der Waals surface area contributed by atoms with Gasteiger partial charge in [0.05, 0.1) is 12.8 Å². The molecule has 2 N–H and O–H groups in total. The fraction of sp³-hybridized carbons (Fsp3) is 0.176. The molecule has 0 bridgehead atoms. The third-order valence-corrected chi connectivity index (χ3v) is 3.25. The Labute approximate surface area is 144 Å². The lowest BCUT2D eigenvalue weighted by atomic mass is 10.1. The molecule has 0 radical (unpaired) electrons. The number of nitrogens with zero attached hydrogens (tertiary/aromatic N) is 2. The molecule has 0 aliphatic carbocycles. The molecule has 0 fully saturated rings. The quantitative estimate of drug-likeness (QED) is 0.624. The molecule has 6 nitrogen and oxygen atoms in total. The molecule has 7 heteroatoms. The molecule has 24 heavy (non-hydrogen) atoms. The minimum absolute atomic E-state index is 0.0673. The number of rotatable bonds is 6. The molecule has 124 valence electrons. The van der Waals surface area contributed by atoms with Crippen molar-refractivity contribution in [2.24, 2.45) is 5.10 Å². The summed E-state index contributed by atoms with van der Waals surface area (Å²) in [5.74, 6) is -0.0363. The van der Waals surface area contributed by atoms with E-state index in [1.165, 1.54) is 0 Å². The van der Waals surface area contributed by atoms with Gasteiger partial charge in [0, 0.05) is 16.9 Å². The fourth-order valence-corrected chi connectivity index (χ4v) is 2.01. The molecule has 0 unspecified atom stereocenters. The molecule has 0 spiro atoms. The fourth-order valence-electron chi connectivity index (χ4n) is 1.88. The van der Waals surface area contributed by atoms with Crippen molar-refractivity contribution in [3.05, 3.63) is 59.2 Å². The molecule has 0 saturated heterocycles. The molecule has 1 aromatic heterocycles. The minimum atomic E-state index is -0.262. The molecular formula is C17H17ClN4O2. The van der Waals surface area contributed by atoms with Crippen LogP contribution >= 0.6 is 11.6 Å². The van der Waals surface area contributed by atoms with E-state index in [-0.39, 0.29) is 24.7 Å². The summed E-state index contributed by atoms with van der Waals surface area (Å²) in [7, 11) is 0. The van der Waals surface area contributed by atoms with Gasteiger partial charge in [-0.1, -0.05) is 29.8 Å². The number of halogens is 1. The van der Waals surface area contributed by atoms with E-state index < -0.39 is 0 Å². The van der Waals surface area contributed by atoms with E-state index in [1.54, 1.807) is 55.6 Å². The molecule has 0 saturated carbocycles. The van der Waals surface area contributed by atoms with Crippen molar-refractivity contribution in [1.29, 1.82) is 0 Å². The van der Waals surface area contributed by atoms with Gasteiger partial charge in [-0.2, -0.15) is 5.10 Å². The van der Waals surface area contributed by atoms with Gasteiger partial charge in [-0.3, -0.25) is 9.59 Å². The lowest BCUT2D eigenvalue weighted by Crippen LogP contribution is -2.23. The second-order valence-electron chi connectivity index (χ2n) is 5.13. The zero-order valence-electron chi connectivity index (χ0n) is 13.1. The Bertz CT molecular complexity index is 730. The predicted molar refractivity (Wildman–Crippen MR) is 93.9 cm³/mol. The highest BCUT2D eigenvalue weighted by molar-refractivity contribution is 6.30. The van der Waals surface area contributed by atoms with Crippen LogP contribution < -0.4 is 10.7 Å². The van der Waals surface area contributed by atoms with E-state index in [1.807, 2.05) is 0 Å². The van der Waals surface area contributed by atoms with Crippen LogP contribution in [0.5, 0.6) is 0 Å². The van der Waals surface area contributed by atoms with Crippen molar-refractivity contribution in [1.82, 2.24) is 10.4 Å². The van der Waals surface area contributed by atoms with Crippen LogP contribution in [-0.2, 0) is 16.0 Å². The number of hydrogen-bond acceptors (Lipinski definition) is 4. The monoisotopic (exact) mass is 344 g/mol. The van der Waals surface area contributed by atoms with E-state index in [4.69, 9.17) is 11.6 Å². The summed E-state index contributed by atoms with van der Waals surface area (Å²) in [6.07, 6.45) is 1.85. The Morgan fingerprint density at radius 2 is 1.88 bits per heavy atom. The number of hydrazone groups is 1. The van der Waals surface area contributed by atoms with E-state index in [2.05, 4.69) is 20.8 Å². The van der Waals surface area contributed by atoms with Gasteiger partial charge in [-0.25, -0.2) is 10.4 Å². The van der Waals surface area contributed by atoms with Gasteiger partial charge in [0.25, 0.3) is 0 Å². The van der Waals surface area contributed by atoms with Crippen molar-refractivity contribution in [3.63, 3.8) is 0 Å². The van der Waals surface area contributed by atoms with Crippen molar-refractivity contribution in [3.8, 4) is 0 Å². The van der Waals surface area contributed by atoms with Crippen LogP contribution in [0.1, 0.15) is 18.9 Å². The molecule has 2 rings (SSSR count). The predicted octanol–water partition coefficient (Wildman–Crippen LogP) is 2.80. The first-order valence-corrected chi connectivity index (χ1v) is 7.68. The number of carbonyl (C=O) groups excluding carboxylic acids is 2. The van der Waals surface area contributed by atoms with Crippen LogP contribution in [0.4, 0.5) is 5.82 Å². The van der Waals surface area contributed by atoms with Crippen molar-refractivity contribution in [2.45, 2.75) is 19.8 Å². The number of aromatic nitrogens is 1. The van der Waals surface area contributed by atoms with Gasteiger partial charge in [0.15, 0.2) is 0 Å². The SMILES string of the molecule is C/C(CC(=O)Nc1ccccn1)=N\NC(=O)Cc1ccc(Cl)cc1. The van der Waals surface area contributed by atoms with E-state index >= 15 is 0 Å². The van der Waals surface area contributed by atoms with Crippen LogP contribution in [-0.4, -0.2) is 22.5 Å². The molecular weight excluding hydrogens is 328 g/mol. The second-order valence-corrected chi connectivity index (χ2v) is 5.56. The Kier molecular flexibility index (Phi) is 6.45. The van der Waals surface area contributed by atoms with E-state index in [0.29, 0.717) is 16.6 Å². The number of anilines is 1. The molecule has 2 aromatic rings. The van der Waals surface area contributed by atoms with Gasteiger partial charge >= 0.3 is 0 Å². The van der Waals surface area contributed by atoms with Crippen LogP contribution in [0.2, 0.25) is 5.02 Å². The number of benzene rings is 1. The Balaban J connectivity index is 1.79. The van der Waals surface area contributed by atoms with Crippen molar-refractivity contribution in [2.75, 3.05) is 5.32 Å². The lowest BCUT2D eigenvalue weighted by Gasteiger charge is -2.05. The maximum absolute atomic E-state index is 11.8. The third kappa shape index (κ3) is 6.18. The van der Waals surface area contributed by atoms with Crippen LogP contribution in [0.15, 0.2) is 53.8 Å². The summed E-state index contributed by atoms with van der Waals surface area (Å²) in [6, 6.07) is 12.2. The highest BCUT2D eigenvalue weighted by atomic mass is 35.5. The van der Waals surface area contributed by atoms with Crippen molar-refractivity contribution < 1.29 is 9.59 Å². The molecule has 1 aromatic carbocycles. The summed E-state index contributed by atoms with van der Waals surface area (Å²) in [5, 5.41) is 7.20. The summed E-state index contributed by atoms with van der Waals surface area (Å²) in [6.45, 7) is 1.67. The van der Waals surface area contributed by atoms with Gasteiger partial charge in [0.1, 0.15) is 5.82 Å². The first-order chi connectivity index (χ1) is 11.5. The standard InChI is InChI=1S/C17H17ClN4O2/c1-12(10-16(23)20-15-4-2-3-9-19-15)21-22-17(24)11-13-5-7-14(18)8-6-13/h2-9H,10-11H2,1H3,(H,22,24)(H,19,20,23)/b21-12+. The van der Waals surface area contributed by atoms with Crippen LogP contribution in [0.3, 0.4) is 0 Å². The second kappa shape index (κ2) is 8.79. The average Bonchev–Trinajstić information content (AvgIpc) is 2.56. The number of carbonyl (C=O) groups is 2. The Morgan fingerprint density at radius 1 is 1.12 bits per heavy atom. The third-order valence-electron chi connectivity index (χ3n) is 3.00. The highest BCUT2D eigenvalue weighted by Gasteiger charge is 2.06. The average molecular weight is 345 g/mol. The van der Waals surface area contributed by atoms with Gasteiger partial charge in [0.2, 0.25) is 11.8 Å².